The molecule has 0 bridgehead atoms. The van der Waals surface area contributed by atoms with Crippen LogP contribution in [0.3, 0.4) is 0 Å². The number of pyridine rings is 1. The summed E-state index contributed by atoms with van der Waals surface area (Å²) in [6.45, 7) is 3.92. The van der Waals surface area contributed by atoms with Crippen LogP contribution in [-0.2, 0) is 0 Å². The molecule has 118 valence electrons. The zero-order valence-corrected chi connectivity index (χ0v) is 12.8. The monoisotopic (exact) mass is 301 g/mol. The lowest BCUT2D eigenvalue weighted by atomic mass is 10.1. The van der Waals surface area contributed by atoms with Gasteiger partial charge in [-0.15, -0.1) is 0 Å². The lowest BCUT2D eigenvalue weighted by Crippen LogP contribution is -2.38. The van der Waals surface area contributed by atoms with Crippen LogP contribution in [0.1, 0.15) is 37.8 Å². The van der Waals surface area contributed by atoms with Gasteiger partial charge in [0.15, 0.2) is 5.65 Å². The number of aromatic nitrogens is 3. The summed E-state index contributed by atoms with van der Waals surface area (Å²) in [5, 5.41) is 6.75. The Morgan fingerprint density at radius 1 is 0.955 bits per heavy atom. The van der Waals surface area contributed by atoms with Gasteiger partial charge in [-0.3, -0.25) is 9.13 Å². The predicted octanol–water partition coefficient (Wildman–Crippen LogP) is 1.05. The van der Waals surface area contributed by atoms with Crippen LogP contribution < -0.4 is 16.3 Å². The number of nitrogens with zero attached hydrogens (tertiary/aromatic N) is 3. The second kappa shape index (κ2) is 5.85. The molecule has 6 heteroatoms. The third-order valence-corrected chi connectivity index (χ3v) is 5.01. The van der Waals surface area contributed by atoms with Crippen LogP contribution in [0, 0.1) is 0 Å². The molecule has 22 heavy (non-hydrogen) atoms. The molecule has 0 aliphatic carbocycles. The fourth-order valence-electron chi connectivity index (χ4n) is 3.88. The van der Waals surface area contributed by atoms with E-state index in [4.69, 9.17) is 0 Å². The van der Waals surface area contributed by atoms with Gasteiger partial charge in [0.1, 0.15) is 0 Å². The highest BCUT2D eigenvalue weighted by molar-refractivity contribution is 5.71. The van der Waals surface area contributed by atoms with Crippen LogP contribution in [0.5, 0.6) is 0 Å². The molecule has 0 radical (unpaired) electrons. The van der Waals surface area contributed by atoms with Gasteiger partial charge in [0.25, 0.3) is 0 Å². The minimum Gasteiger partial charge on any atom is -0.317 e. The number of fused-ring (bicyclic) bond motifs is 1. The Hall–Kier alpha value is -1.66. The highest BCUT2D eigenvalue weighted by Crippen LogP contribution is 2.26. The molecule has 2 saturated heterocycles. The fraction of sp³-hybridized carbons (Fsp3) is 0.625. The fourth-order valence-corrected chi connectivity index (χ4v) is 3.88. The summed E-state index contributed by atoms with van der Waals surface area (Å²) in [5.74, 6) is 0. The van der Waals surface area contributed by atoms with E-state index in [2.05, 4.69) is 15.6 Å². The van der Waals surface area contributed by atoms with E-state index in [-0.39, 0.29) is 11.7 Å². The Morgan fingerprint density at radius 3 is 2.18 bits per heavy atom. The molecule has 0 unspecified atom stereocenters. The minimum atomic E-state index is 0.132. The standard InChI is InChI=1S/C16H23N5O/c22-16-20(12-3-8-17-9-4-12)14-2-1-7-19-15(14)21(16)13-5-10-18-11-6-13/h1-2,7,12-13,17-18H,3-6,8-11H2. The molecule has 2 fully saturated rings. The van der Waals surface area contributed by atoms with Gasteiger partial charge < -0.3 is 10.6 Å². The zero-order valence-electron chi connectivity index (χ0n) is 12.8. The van der Waals surface area contributed by atoms with Gasteiger partial charge in [0.05, 0.1) is 5.52 Å². The first-order valence-electron chi connectivity index (χ1n) is 8.35. The van der Waals surface area contributed by atoms with Crippen molar-refractivity contribution >= 4 is 11.2 Å². The summed E-state index contributed by atoms with van der Waals surface area (Å²) < 4.78 is 3.96. The Bertz CT molecular complexity index is 649. The van der Waals surface area contributed by atoms with Gasteiger partial charge in [-0.2, -0.15) is 0 Å². The van der Waals surface area contributed by atoms with Crippen molar-refractivity contribution in [1.29, 1.82) is 0 Å². The SMILES string of the molecule is O=c1n(C2CCNCC2)c2cccnc2n1C1CCNCC1. The van der Waals surface area contributed by atoms with E-state index in [1.54, 1.807) is 6.20 Å². The van der Waals surface area contributed by atoms with E-state index >= 15 is 0 Å². The Labute approximate surface area is 129 Å². The van der Waals surface area contributed by atoms with Crippen LogP contribution in [0.15, 0.2) is 23.1 Å². The van der Waals surface area contributed by atoms with Crippen molar-refractivity contribution in [2.45, 2.75) is 37.8 Å². The van der Waals surface area contributed by atoms with Gasteiger partial charge in [0, 0.05) is 18.3 Å². The number of piperidine rings is 2. The highest BCUT2D eigenvalue weighted by atomic mass is 16.2. The van der Waals surface area contributed by atoms with Crippen molar-refractivity contribution in [3.8, 4) is 0 Å². The lowest BCUT2D eigenvalue weighted by molar-refractivity contribution is 0.339. The maximum absolute atomic E-state index is 13.1. The molecule has 2 N–H and O–H groups in total. The maximum Gasteiger partial charge on any atom is 0.330 e. The summed E-state index contributed by atoms with van der Waals surface area (Å²) in [6, 6.07) is 4.55. The van der Waals surface area contributed by atoms with Crippen LogP contribution in [0.4, 0.5) is 0 Å². The number of hydrogen-bond donors (Lipinski definition) is 2. The number of rotatable bonds is 2. The van der Waals surface area contributed by atoms with Gasteiger partial charge in [-0.25, -0.2) is 9.78 Å². The van der Waals surface area contributed by atoms with Gasteiger partial charge >= 0.3 is 5.69 Å². The lowest BCUT2D eigenvalue weighted by Gasteiger charge is -2.25. The third-order valence-electron chi connectivity index (χ3n) is 5.01. The molecule has 6 nitrogen and oxygen atoms in total. The molecule has 2 aliphatic rings. The van der Waals surface area contributed by atoms with Crippen molar-refractivity contribution in [2.75, 3.05) is 26.2 Å². The van der Waals surface area contributed by atoms with E-state index in [0.29, 0.717) is 6.04 Å². The van der Waals surface area contributed by atoms with Gasteiger partial charge in [-0.05, 0) is 64.0 Å². The van der Waals surface area contributed by atoms with Crippen LogP contribution >= 0.6 is 0 Å². The van der Waals surface area contributed by atoms with Gasteiger partial charge in [-0.1, -0.05) is 0 Å². The van der Waals surface area contributed by atoms with Crippen molar-refractivity contribution in [3.63, 3.8) is 0 Å². The van der Waals surface area contributed by atoms with E-state index in [9.17, 15) is 4.79 Å². The van der Waals surface area contributed by atoms with Gasteiger partial charge in [0.2, 0.25) is 0 Å². The molecule has 0 aromatic carbocycles. The average molecular weight is 301 g/mol. The molecule has 0 atom stereocenters. The quantitative estimate of drug-likeness (QED) is 0.870. The topological polar surface area (TPSA) is 63.9 Å². The first-order valence-corrected chi connectivity index (χ1v) is 8.35. The molecule has 4 heterocycles. The van der Waals surface area contributed by atoms with Crippen LogP contribution in [0.25, 0.3) is 11.2 Å². The Morgan fingerprint density at radius 2 is 1.55 bits per heavy atom. The summed E-state index contributed by atoms with van der Waals surface area (Å²) in [4.78, 5) is 17.7. The zero-order chi connectivity index (χ0) is 14.9. The molecule has 4 rings (SSSR count). The maximum atomic E-state index is 13.1. The molecule has 2 aromatic rings. The van der Waals surface area contributed by atoms with Crippen molar-refractivity contribution < 1.29 is 0 Å². The van der Waals surface area contributed by atoms with Crippen LogP contribution in [-0.4, -0.2) is 40.3 Å². The Kier molecular flexibility index (Phi) is 3.72. The van der Waals surface area contributed by atoms with E-state index < -0.39 is 0 Å². The molecular formula is C16H23N5O. The number of imidazole rings is 1. The van der Waals surface area contributed by atoms with E-state index in [1.165, 1.54) is 0 Å². The van der Waals surface area contributed by atoms with Crippen molar-refractivity contribution in [1.82, 2.24) is 24.8 Å². The first kappa shape index (κ1) is 14.0. The van der Waals surface area contributed by atoms with Crippen molar-refractivity contribution in [3.05, 3.63) is 28.8 Å². The smallest absolute Gasteiger partial charge is 0.317 e. The first-order chi connectivity index (χ1) is 10.9. The minimum absolute atomic E-state index is 0.132. The average Bonchev–Trinajstić information content (AvgIpc) is 2.88. The van der Waals surface area contributed by atoms with Crippen molar-refractivity contribution in [2.24, 2.45) is 0 Å². The molecule has 0 saturated carbocycles. The second-order valence-corrected chi connectivity index (χ2v) is 6.33. The van der Waals surface area contributed by atoms with E-state index in [1.807, 2.05) is 21.3 Å². The Balaban J connectivity index is 1.86. The highest BCUT2D eigenvalue weighted by Gasteiger charge is 2.26. The van der Waals surface area contributed by atoms with Crippen LogP contribution in [0.2, 0.25) is 0 Å². The second-order valence-electron chi connectivity index (χ2n) is 6.33. The molecule has 2 aromatic heterocycles. The molecule has 0 amide bonds. The number of hydrogen-bond acceptors (Lipinski definition) is 4. The summed E-state index contributed by atoms with van der Waals surface area (Å²) in [7, 11) is 0. The molecule has 0 spiro atoms. The van der Waals surface area contributed by atoms with E-state index in [0.717, 1.165) is 63.0 Å². The number of nitrogens with one attached hydrogen (secondary N) is 2. The predicted molar refractivity (Wildman–Crippen MR) is 86.3 cm³/mol. The third kappa shape index (κ3) is 2.27. The molecule has 2 aliphatic heterocycles. The summed E-state index contributed by atoms with van der Waals surface area (Å²) >= 11 is 0. The summed E-state index contributed by atoms with van der Waals surface area (Å²) in [6.07, 6.45) is 5.83. The summed E-state index contributed by atoms with van der Waals surface area (Å²) in [5.41, 5.74) is 1.99. The molecular weight excluding hydrogens is 278 g/mol. The largest absolute Gasteiger partial charge is 0.330 e. The normalized spacial score (nSPS) is 21.5.